The maximum atomic E-state index is 12.2. The molecule has 2 amide bonds. The van der Waals surface area contributed by atoms with Crippen LogP contribution in [0.1, 0.15) is 27.6 Å². The van der Waals surface area contributed by atoms with Crippen LogP contribution in [0.3, 0.4) is 0 Å². The van der Waals surface area contributed by atoms with Crippen molar-refractivity contribution >= 4 is 24.2 Å². The summed E-state index contributed by atoms with van der Waals surface area (Å²) in [4.78, 5) is 28.3. The monoisotopic (exact) mass is 354 g/mol. The Labute approximate surface area is 150 Å². The van der Waals surface area contributed by atoms with Crippen LogP contribution in [0.25, 0.3) is 0 Å². The number of amides is 2. The van der Waals surface area contributed by atoms with E-state index in [9.17, 15) is 9.59 Å². The summed E-state index contributed by atoms with van der Waals surface area (Å²) in [6.45, 7) is 8.07. The summed E-state index contributed by atoms with van der Waals surface area (Å²) < 4.78 is 0. The number of rotatable bonds is 6. The van der Waals surface area contributed by atoms with Gasteiger partial charge in [-0.1, -0.05) is 6.07 Å². The van der Waals surface area contributed by atoms with Crippen molar-refractivity contribution in [1.82, 2.24) is 20.4 Å². The average Bonchev–Trinajstić information content (AvgIpc) is 2.61. The van der Waals surface area contributed by atoms with Crippen molar-refractivity contribution in [3.63, 3.8) is 0 Å². The second kappa shape index (κ2) is 10.3. The minimum Gasteiger partial charge on any atom is -0.351 e. The van der Waals surface area contributed by atoms with Gasteiger partial charge in [-0.25, -0.2) is 0 Å². The molecule has 1 fully saturated rings. The van der Waals surface area contributed by atoms with Crippen molar-refractivity contribution in [1.29, 1.82) is 0 Å². The maximum Gasteiger partial charge on any atom is 0.253 e. The minimum absolute atomic E-state index is 0. The number of nitrogens with zero attached hydrogens (tertiary/aromatic N) is 2. The third-order valence-corrected chi connectivity index (χ3v) is 4.12. The lowest BCUT2D eigenvalue weighted by atomic mass is 10.1. The summed E-state index contributed by atoms with van der Waals surface area (Å²) in [5.41, 5.74) is 1.07. The molecule has 0 aliphatic carbocycles. The highest BCUT2D eigenvalue weighted by atomic mass is 35.5. The quantitative estimate of drug-likeness (QED) is 0.794. The van der Waals surface area contributed by atoms with E-state index in [-0.39, 0.29) is 24.2 Å². The van der Waals surface area contributed by atoms with Gasteiger partial charge in [0, 0.05) is 64.0 Å². The van der Waals surface area contributed by atoms with Gasteiger partial charge in [-0.15, -0.1) is 12.4 Å². The lowest BCUT2D eigenvalue weighted by molar-refractivity contribution is 0.0802. The fraction of sp³-hybridized carbons (Fsp3) is 0.529. The number of hydrogen-bond donors (Lipinski definition) is 2. The predicted molar refractivity (Wildman–Crippen MR) is 98.0 cm³/mol. The Morgan fingerprint density at radius 2 is 1.92 bits per heavy atom. The van der Waals surface area contributed by atoms with E-state index in [1.54, 1.807) is 36.2 Å². The number of carbonyl (C=O) groups excluding carboxylic acids is 2. The highest BCUT2D eigenvalue weighted by Gasteiger charge is 2.13. The Morgan fingerprint density at radius 3 is 2.58 bits per heavy atom. The van der Waals surface area contributed by atoms with Crippen molar-refractivity contribution in [3.05, 3.63) is 35.4 Å². The summed E-state index contributed by atoms with van der Waals surface area (Å²) in [7, 11) is 1.75. The molecule has 1 heterocycles. The molecule has 24 heavy (non-hydrogen) atoms. The van der Waals surface area contributed by atoms with E-state index >= 15 is 0 Å². The molecular weight excluding hydrogens is 328 g/mol. The number of carbonyl (C=O) groups is 2. The zero-order chi connectivity index (χ0) is 16.7. The SMILES string of the molecule is CCN(C)C(=O)c1cccc(C(=O)NCCN2CCNCC2)c1.Cl. The first-order chi connectivity index (χ1) is 11.1. The highest BCUT2D eigenvalue weighted by molar-refractivity contribution is 5.99. The molecule has 1 aliphatic rings. The summed E-state index contributed by atoms with van der Waals surface area (Å²) in [5, 5.41) is 6.24. The molecule has 1 aromatic carbocycles. The fourth-order valence-corrected chi connectivity index (χ4v) is 2.52. The average molecular weight is 355 g/mol. The molecule has 0 spiro atoms. The number of hydrogen-bond acceptors (Lipinski definition) is 4. The van der Waals surface area contributed by atoms with Crippen LogP contribution in [0.5, 0.6) is 0 Å². The van der Waals surface area contributed by atoms with Gasteiger partial charge in [-0.2, -0.15) is 0 Å². The van der Waals surface area contributed by atoms with Crippen molar-refractivity contribution in [2.24, 2.45) is 0 Å². The van der Waals surface area contributed by atoms with Gasteiger partial charge < -0.3 is 15.5 Å². The van der Waals surface area contributed by atoms with E-state index in [0.717, 1.165) is 32.7 Å². The largest absolute Gasteiger partial charge is 0.351 e. The molecule has 0 saturated carbocycles. The molecule has 1 saturated heterocycles. The fourth-order valence-electron chi connectivity index (χ4n) is 2.52. The van der Waals surface area contributed by atoms with Crippen LogP contribution < -0.4 is 10.6 Å². The van der Waals surface area contributed by atoms with Crippen LogP contribution in [-0.4, -0.2) is 74.5 Å². The lowest BCUT2D eigenvalue weighted by Crippen LogP contribution is -2.46. The highest BCUT2D eigenvalue weighted by Crippen LogP contribution is 2.08. The molecule has 0 radical (unpaired) electrons. The normalized spacial score (nSPS) is 14.6. The zero-order valence-electron chi connectivity index (χ0n) is 14.4. The van der Waals surface area contributed by atoms with Gasteiger partial charge in [-0.3, -0.25) is 14.5 Å². The van der Waals surface area contributed by atoms with Gasteiger partial charge in [-0.05, 0) is 25.1 Å². The van der Waals surface area contributed by atoms with Crippen molar-refractivity contribution in [2.75, 3.05) is 52.9 Å². The van der Waals surface area contributed by atoms with E-state index in [1.165, 1.54) is 0 Å². The smallest absolute Gasteiger partial charge is 0.253 e. The third kappa shape index (κ3) is 5.78. The Morgan fingerprint density at radius 1 is 1.25 bits per heavy atom. The van der Waals surface area contributed by atoms with Crippen LogP contribution in [0.4, 0.5) is 0 Å². The van der Waals surface area contributed by atoms with Crippen molar-refractivity contribution < 1.29 is 9.59 Å². The number of piperazine rings is 1. The molecule has 0 unspecified atom stereocenters. The first-order valence-electron chi connectivity index (χ1n) is 8.18. The van der Waals surface area contributed by atoms with Gasteiger partial charge >= 0.3 is 0 Å². The molecule has 6 nitrogen and oxygen atoms in total. The van der Waals surface area contributed by atoms with Crippen LogP contribution >= 0.6 is 12.4 Å². The Hall–Kier alpha value is -1.63. The molecule has 0 aromatic heterocycles. The molecule has 1 aromatic rings. The summed E-state index contributed by atoms with van der Waals surface area (Å²) >= 11 is 0. The maximum absolute atomic E-state index is 12.2. The zero-order valence-corrected chi connectivity index (χ0v) is 15.2. The molecule has 0 bridgehead atoms. The van der Waals surface area contributed by atoms with Gasteiger partial charge in [0.15, 0.2) is 0 Å². The summed E-state index contributed by atoms with van der Waals surface area (Å²) in [5.74, 6) is -0.197. The van der Waals surface area contributed by atoms with E-state index in [0.29, 0.717) is 24.2 Å². The first-order valence-corrected chi connectivity index (χ1v) is 8.18. The molecule has 7 heteroatoms. The van der Waals surface area contributed by atoms with E-state index in [1.807, 2.05) is 6.92 Å². The van der Waals surface area contributed by atoms with Crippen LogP contribution in [0.15, 0.2) is 24.3 Å². The third-order valence-electron chi connectivity index (χ3n) is 4.12. The number of halogens is 1. The Kier molecular flexibility index (Phi) is 8.74. The van der Waals surface area contributed by atoms with Crippen LogP contribution in [0.2, 0.25) is 0 Å². The van der Waals surface area contributed by atoms with Gasteiger partial charge in [0.05, 0.1) is 0 Å². The van der Waals surface area contributed by atoms with Crippen molar-refractivity contribution in [2.45, 2.75) is 6.92 Å². The van der Waals surface area contributed by atoms with E-state index in [2.05, 4.69) is 15.5 Å². The molecule has 134 valence electrons. The molecule has 2 rings (SSSR count). The summed E-state index contributed by atoms with van der Waals surface area (Å²) in [6.07, 6.45) is 0. The molecular formula is C17H27ClN4O2. The molecule has 0 atom stereocenters. The number of benzene rings is 1. The van der Waals surface area contributed by atoms with Crippen LogP contribution in [-0.2, 0) is 0 Å². The van der Waals surface area contributed by atoms with Gasteiger partial charge in [0.2, 0.25) is 0 Å². The molecule has 2 N–H and O–H groups in total. The Balaban J connectivity index is 0.00000288. The second-order valence-electron chi connectivity index (χ2n) is 5.75. The van der Waals surface area contributed by atoms with Gasteiger partial charge in [0.25, 0.3) is 11.8 Å². The van der Waals surface area contributed by atoms with Crippen molar-refractivity contribution in [3.8, 4) is 0 Å². The molecule has 1 aliphatic heterocycles. The topological polar surface area (TPSA) is 64.7 Å². The second-order valence-corrected chi connectivity index (χ2v) is 5.75. The lowest BCUT2D eigenvalue weighted by Gasteiger charge is -2.27. The summed E-state index contributed by atoms with van der Waals surface area (Å²) in [6, 6.07) is 6.89. The number of nitrogens with one attached hydrogen (secondary N) is 2. The Bertz CT molecular complexity index is 547. The minimum atomic E-state index is -0.131. The van der Waals surface area contributed by atoms with E-state index < -0.39 is 0 Å². The standard InChI is InChI=1S/C17H26N4O2.ClH/c1-3-20(2)17(23)15-6-4-5-14(13-15)16(22)19-9-12-21-10-7-18-8-11-21;/h4-6,13,18H,3,7-12H2,1-2H3,(H,19,22);1H. The van der Waals surface area contributed by atoms with E-state index in [4.69, 9.17) is 0 Å². The first kappa shape index (κ1) is 20.4. The van der Waals surface area contributed by atoms with Gasteiger partial charge in [0.1, 0.15) is 0 Å². The predicted octanol–water partition coefficient (Wildman–Crippen LogP) is 0.835. The van der Waals surface area contributed by atoms with Crippen LogP contribution in [0, 0.1) is 0 Å².